The lowest BCUT2D eigenvalue weighted by Crippen LogP contribution is -2.18. The maximum absolute atomic E-state index is 9.04. The van der Waals surface area contributed by atoms with E-state index >= 15 is 0 Å². The Balaban J connectivity index is 2.96. The lowest BCUT2D eigenvalue weighted by molar-refractivity contribution is -0.200. The summed E-state index contributed by atoms with van der Waals surface area (Å²) in [5, 5.41) is 9.04. The molecule has 0 amide bonds. The Morgan fingerprint density at radius 1 is 1.29 bits per heavy atom. The number of ether oxygens (including phenoxy) is 2. The van der Waals surface area contributed by atoms with E-state index in [4.69, 9.17) is 27.0 Å². The molecule has 6 heteroatoms. The zero-order valence-electron chi connectivity index (χ0n) is 7.73. The normalized spacial score (nSPS) is 12.4. The Kier molecular flexibility index (Phi) is 3.00. The third kappa shape index (κ3) is 2.18. The fourth-order valence-corrected chi connectivity index (χ4v) is 0.925. The van der Waals surface area contributed by atoms with Gasteiger partial charge in [0.15, 0.2) is 5.75 Å². The van der Waals surface area contributed by atoms with E-state index in [2.05, 4.69) is 4.74 Å². The number of nitrogen functional groups attached to an aromatic ring is 3. The van der Waals surface area contributed by atoms with Crippen molar-refractivity contribution in [1.29, 1.82) is 0 Å². The molecule has 0 fully saturated rings. The summed E-state index contributed by atoms with van der Waals surface area (Å²) in [7, 11) is 1.29. The second-order valence-electron chi connectivity index (χ2n) is 2.68. The van der Waals surface area contributed by atoms with Crippen LogP contribution in [0.15, 0.2) is 12.1 Å². The van der Waals surface area contributed by atoms with Crippen LogP contribution in [-0.2, 0) is 4.74 Å². The van der Waals surface area contributed by atoms with Gasteiger partial charge in [0.05, 0.1) is 11.4 Å². The van der Waals surface area contributed by atoms with Crippen molar-refractivity contribution >= 4 is 17.1 Å². The van der Waals surface area contributed by atoms with Crippen LogP contribution in [0.4, 0.5) is 17.1 Å². The number of aliphatic hydroxyl groups excluding tert-OH is 1. The third-order valence-corrected chi connectivity index (χ3v) is 1.63. The van der Waals surface area contributed by atoms with Crippen LogP contribution in [0.1, 0.15) is 0 Å². The largest absolute Gasteiger partial charge is 0.439 e. The van der Waals surface area contributed by atoms with E-state index < -0.39 is 6.48 Å². The van der Waals surface area contributed by atoms with Crippen LogP contribution in [0.25, 0.3) is 0 Å². The fourth-order valence-electron chi connectivity index (χ4n) is 0.925. The van der Waals surface area contributed by atoms with Crippen molar-refractivity contribution in [2.24, 2.45) is 0 Å². The summed E-state index contributed by atoms with van der Waals surface area (Å²) in [5.41, 5.74) is 17.5. The number of rotatable bonds is 3. The van der Waals surface area contributed by atoms with Gasteiger partial charge in [-0.3, -0.25) is 0 Å². The molecule has 0 heterocycles. The highest BCUT2D eigenvalue weighted by atomic mass is 16.8. The lowest BCUT2D eigenvalue weighted by atomic mass is 10.2. The standard InChI is InChI=1S/C8H13N3O3/c1-13-8(12)14-6-3-4(9)2-5(10)7(6)11/h2-3,8,12H,9-11H2,1H3. The zero-order chi connectivity index (χ0) is 10.7. The van der Waals surface area contributed by atoms with Crippen LogP contribution >= 0.6 is 0 Å². The third-order valence-electron chi connectivity index (χ3n) is 1.63. The second-order valence-corrected chi connectivity index (χ2v) is 2.68. The van der Waals surface area contributed by atoms with Gasteiger partial charge in [0.2, 0.25) is 0 Å². The number of hydrogen-bond donors (Lipinski definition) is 4. The molecule has 1 aromatic rings. The molecule has 7 N–H and O–H groups in total. The Morgan fingerprint density at radius 3 is 2.50 bits per heavy atom. The zero-order valence-corrected chi connectivity index (χ0v) is 7.73. The highest BCUT2D eigenvalue weighted by molar-refractivity contribution is 5.75. The van der Waals surface area contributed by atoms with Crippen molar-refractivity contribution in [1.82, 2.24) is 0 Å². The predicted molar refractivity (Wildman–Crippen MR) is 53.3 cm³/mol. The first-order valence-electron chi connectivity index (χ1n) is 3.86. The summed E-state index contributed by atoms with van der Waals surface area (Å²) in [5.74, 6) is 0.192. The van der Waals surface area contributed by atoms with E-state index in [9.17, 15) is 0 Å². The number of anilines is 3. The molecule has 6 nitrogen and oxygen atoms in total. The van der Waals surface area contributed by atoms with Crippen molar-refractivity contribution in [3.05, 3.63) is 12.1 Å². The van der Waals surface area contributed by atoms with E-state index in [0.717, 1.165) is 0 Å². The molecule has 1 rings (SSSR count). The van der Waals surface area contributed by atoms with Gasteiger partial charge >= 0.3 is 6.48 Å². The Morgan fingerprint density at radius 2 is 1.93 bits per heavy atom. The first-order valence-corrected chi connectivity index (χ1v) is 3.86. The van der Waals surface area contributed by atoms with Gasteiger partial charge in [0, 0.05) is 18.9 Å². The smallest absolute Gasteiger partial charge is 0.313 e. The number of benzene rings is 1. The molecule has 78 valence electrons. The van der Waals surface area contributed by atoms with Crippen LogP contribution in [0, 0.1) is 0 Å². The van der Waals surface area contributed by atoms with Crippen LogP contribution in [0.3, 0.4) is 0 Å². The molecule has 1 unspecified atom stereocenters. The van der Waals surface area contributed by atoms with Crippen molar-refractivity contribution in [2.75, 3.05) is 24.3 Å². The summed E-state index contributed by atoms with van der Waals surface area (Å²) < 4.78 is 9.39. The van der Waals surface area contributed by atoms with Gasteiger partial charge in [-0.15, -0.1) is 0 Å². The quantitative estimate of drug-likeness (QED) is 0.393. The highest BCUT2D eigenvalue weighted by Gasteiger charge is 2.10. The SMILES string of the molecule is COC(O)Oc1cc(N)cc(N)c1N. The average molecular weight is 199 g/mol. The van der Waals surface area contributed by atoms with Gasteiger partial charge in [-0.05, 0) is 6.07 Å². The van der Waals surface area contributed by atoms with Crippen LogP contribution in [0.5, 0.6) is 5.75 Å². The lowest BCUT2D eigenvalue weighted by Gasteiger charge is -2.14. The van der Waals surface area contributed by atoms with Gasteiger partial charge in [-0.25, -0.2) is 0 Å². The summed E-state index contributed by atoms with van der Waals surface area (Å²) in [6.07, 6.45) is 0. The molecule has 1 aromatic carbocycles. The number of nitrogens with two attached hydrogens (primary N) is 3. The molecule has 14 heavy (non-hydrogen) atoms. The minimum Gasteiger partial charge on any atom is -0.439 e. The molecule has 0 aromatic heterocycles. The number of aliphatic hydroxyl groups is 1. The van der Waals surface area contributed by atoms with E-state index in [-0.39, 0.29) is 11.4 Å². The van der Waals surface area contributed by atoms with Crippen molar-refractivity contribution in [3.63, 3.8) is 0 Å². The maximum Gasteiger partial charge on any atom is 0.313 e. The van der Waals surface area contributed by atoms with E-state index in [1.54, 1.807) is 0 Å². The van der Waals surface area contributed by atoms with Gasteiger partial charge in [-0.1, -0.05) is 0 Å². The van der Waals surface area contributed by atoms with Crippen LogP contribution in [-0.4, -0.2) is 18.7 Å². The van der Waals surface area contributed by atoms with Crippen LogP contribution in [0.2, 0.25) is 0 Å². The molecule has 0 bridgehead atoms. The monoisotopic (exact) mass is 199 g/mol. The molecule has 0 spiro atoms. The van der Waals surface area contributed by atoms with Crippen LogP contribution < -0.4 is 21.9 Å². The second kappa shape index (κ2) is 4.03. The maximum atomic E-state index is 9.04. The Labute approximate surface area is 81.2 Å². The topological polar surface area (TPSA) is 117 Å². The minimum atomic E-state index is -1.39. The molecule has 0 saturated carbocycles. The molecule has 0 aliphatic carbocycles. The summed E-state index contributed by atoms with van der Waals surface area (Å²) in [6.45, 7) is -1.39. The highest BCUT2D eigenvalue weighted by Crippen LogP contribution is 2.31. The fraction of sp³-hybridized carbons (Fsp3) is 0.250. The molecule has 0 aliphatic heterocycles. The Hall–Kier alpha value is -1.66. The molecule has 0 aliphatic rings. The van der Waals surface area contributed by atoms with Gasteiger partial charge in [-0.2, -0.15) is 0 Å². The first-order chi connectivity index (χ1) is 6.54. The summed E-state index contributed by atoms with van der Waals surface area (Å²) in [6, 6.07) is 2.95. The van der Waals surface area contributed by atoms with Crippen molar-refractivity contribution in [3.8, 4) is 5.75 Å². The van der Waals surface area contributed by atoms with Gasteiger partial charge in [0.25, 0.3) is 0 Å². The van der Waals surface area contributed by atoms with Crippen molar-refractivity contribution in [2.45, 2.75) is 6.48 Å². The first kappa shape index (κ1) is 10.4. The van der Waals surface area contributed by atoms with E-state index in [1.165, 1.54) is 19.2 Å². The molecule has 1 atom stereocenters. The number of hydrogen-bond acceptors (Lipinski definition) is 6. The molecular formula is C8H13N3O3. The van der Waals surface area contributed by atoms with Crippen molar-refractivity contribution < 1.29 is 14.6 Å². The van der Waals surface area contributed by atoms with E-state index in [1.807, 2.05) is 0 Å². The minimum absolute atomic E-state index is 0.192. The van der Waals surface area contributed by atoms with Gasteiger partial charge in [0.1, 0.15) is 0 Å². The van der Waals surface area contributed by atoms with E-state index in [0.29, 0.717) is 11.4 Å². The Bertz CT molecular complexity index is 330. The summed E-state index contributed by atoms with van der Waals surface area (Å²) >= 11 is 0. The molecular weight excluding hydrogens is 186 g/mol. The predicted octanol–water partition coefficient (Wildman–Crippen LogP) is -0.266. The molecule has 0 radical (unpaired) electrons. The molecule has 0 saturated heterocycles. The van der Waals surface area contributed by atoms with Gasteiger partial charge < -0.3 is 31.8 Å². The summed E-state index contributed by atoms with van der Waals surface area (Å²) in [4.78, 5) is 0. The average Bonchev–Trinajstić information content (AvgIpc) is 2.13. The number of methoxy groups -OCH3 is 1.